The lowest BCUT2D eigenvalue weighted by Crippen LogP contribution is -2.51. The van der Waals surface area contributed by atoms with E-state index in [1.165, 1.54) is 4.31 Å². The van der Waals surface area contributed by atoms with Gasteiger partial charge < -0.3 is 10.2 Å². The minimum atomic E-state index is -3.54. The molecule has 3 aromatic carbocycles. The number of hydrogen-bond acceptors (Lipinski definition) is 3. The van der Waals surface area contributed by atoms with E-state index in [4.69, 9.17) is 0 Å². The molecule has 3 aromatic rings. The number of rotatable bonds is 3. The molecule has 0 aliphatic carbocycles. The van der Waals surface area contributed by atoms with Crippen molar-refractivity contribution in [3.63, 3.8) is 0 Å². The van der Waals surface area contributed by atoms with Crippen LogP contribution in [0, 0.1) is 6.92 Å². The first-order valence-corrected chi connectivity index (χ1v) is 11.0. The van der Waals surface area contributed by atoms with Gasteiger partial charge in [0.15, 0.2) is 0 Å². The summed E-state index contributed by atoms with van der Waals surface area (Å²) in [5, 5.41) is 5.00. The smallest absolute Gasteiger partial charge is 0.321 e. The SMILES string of the molecule is Cc1ccc(S(=O)(=O)N2CCN(C(=O)Nc3cccc4ccccc34)CC2)cc1. The highest BCUT2D eigenvalue weighted by molar-refractivity contribution is 7.89. The highest BCUT2D eigenvalue weighted by Crippen LogP contribution is 2.24. The lowest BCUT2D eigenvalue weighted by Gasteiger charge is -2.34. The van der Waals surface area contributed by atoms with Gasteiger partial charge in [0.05, 0.1) is 10.6 Å². The molecule has 150 valence electrons. The molecule has 1 fully saturated rings. The van der Waals surface area contributed by atoms with Crippen LogP contribution in [-0.4, -0.2) is 49.8 Å². The zero-order valence-corrected chi connectivity index (χ0v) is 17.0. The van der Waals surface area contributed by atoms with Crippen LogP contribution in [0.15, 0.2) is 71.6 Å². The van der Waals surface area contributed by atoms with Crippen molar-refractivity contribution >= 4 is 32.5 Å². The van der Waals surface area contributed by atoms with Crippen molar-refractivity contribution in [2.24, 2.45) is 0 Å². The van der Waals surface area contributed by atoms with Gasteiger partial charge in [-0.15, -0.1) is 0 Å². The van der Waals surface area contributed by atoms with Crippen LogP contribution in [0.4, 0.5) is 10.5 Å². The van der Waals surface area contributed by atoms with Crippen LogP contribution in [0.25, 0.3) is 10.8 Å². The van der Waals surface area contributed by atoms with E-state index in [0.717, 1.165) is 22.0 Å². The molecule has 1 N–H and O–H groups in total. The van der Waals surface area contributed by atoms with Gasteiger partial charge in [-0.2, -0.15) is 4.31 Å². The molecule has 2 amide bonds. The average molecular weight is 410 g/mol. The standard InChI is InChI=1S/C22H23N3O3S/c1-17-9-11-19(12-10-17)29(27,28)25-15-13-24(14-16-25)22(26)23-21-8-4-6-18-5-2-3-7-20(18)21/h2-12H,13-16H2,1H3,(H,23,26). The summed E-state index contributed by atoms with van der Waals surface area (Å²) in [4.78, 5) is 14.7. The van der Waals surface area contributed by atoms with Gasteiger partial charge in [-0.3, -0.25) is 0 Å². The van der Waals surface area contributed by atoms with E-state index in [1.807, 2.05) is 49.4 Å². The van der Waals surface area contributed by atoms with Crippen molar-refractivity contribution in [2.75, 3.05) is 31.5 Å². The number of carbonyl (C=O) groups excluding carboxylic acids is 1. The predicted octanol–water partition coefficient (Wildman–Crippen LogP) is 3.69. The van der Waals surface area contributed by atoms with Gasteiger partial charge in [0, 0.05) is 31.6 Å². The zero-order valence-electron chi connectivity index (χ0n) is 16.2. The Hall–Kier alpha value is -2.90. The lowest BCUT2D eigenvalue weighted by molar-refractivity contribution is 0.184. The van der Waals surface area contributed by atoms with Gasteiger partial charge in [-0.1, -0.05) is 54.1 Å². The number of urea groups is 1. The normalized spacial score (nSPS) is 15.4. The molecule has 1 saturated heterocycles. The monoisotopic (exact) mass is 409 g/mol. The number of benzene rings is 3. The Balaban J connectivity index is 1.43. The first-order chi connectivity index (χ1) is 13.9. The second-order valence-corrected chi connectivity index (χ2v) is 9.10. The maximum absolute atomic E-state index is 12.8. The summed E-state index contributed by atoms with van der Waals surface area (Å²) in [5.41, 5.74) is 1.77. The Morgan fingerprint density at radius 2 is 1.52 bits per heavy atom. The Morgan fingerprint density at radius 1 is 0.862 bits per heavy atom. The summed E-state index contributed by atoms with van der Waals surface area (Å²) in [6.07, 6.45) is 0. The van der Waals surface area contributed by atoms with Gasteiger partial charge in [0.25, 0.3) is 0 Å². The Labute approximate surface area is 170 Å². The molecule has 0 spiro atoms. The third-order valence-electron chi connectivity index (χ3n) is 5.22. The molecule has 29 heavy (non-hydrogen) atoms. The maximum Gasteiger partial charge on any atom is 0.321 e. The van der Waals surface area contributed by atoms with E-state index in [1.54, 1.807) is 29.2 Å². The van der Waals surface area contributed by atoms with Crippen molar-refractivity contribution in [2.45, 2.75) is 11.8 Å². The van der Waals surface area contributed by atoms with Crippen LogP contribution in [0.1, 0.15) is 5.56 Å². The van der Waals surface area contributed by atoms with Crippen molar-refractivity contribution in [1.29, 1.82) is 0 Å². The molecule has 0 aromatic heterocycles. The Kier molecular flexibility index (Phi) is 5.25. The van der Waals surface area contributed by atoms with Crippen LogP contribution in [0.5, 0.6) is 0 Å². The van der Waals surface area contributed by atoms with Crippen molar-refractivity contribution in [3.05, 3.63) is 72.3 Å². The number of sulfonamides is 1. The Morgan fingerprint density at radius 3 is 2.24 bits per heavy atom. The van der Waals surface area contributed by atoms with Gasteiger partial charge in [-0.25, -0.2) is 13.2 Å². The van der Waals surface area contributed by atoms with E-state index in [-0.39, 0.29) is 24.0 Å². The largest absolute Gasteiger partial charge is 0.322 e. The van der Waals surface area contributed by atoms with Crippen LogP contribution < -0.4 is 5.32 Å². The second kappa shape index (κ2) is 7.85. The zero-order chi connectivity index (χ0) is 20.4. The molecule has 1 aliphatic heterocycles. The van der Waals surface area contributed by atoms with Gasteiger partial charge in [0.1, 0.15) is 0 Å². The van der Waals surface area contributed by atoms with Crippen molar-refractivity contribution in [1.82, 2.24) is 9.21 Å². The van der Waals surface area contributed by atoms with Crippen LogP contribution in [0.3, 0.4) is 0 Å². The molecule has 0 atom stereocenters. The molecule has 0 saturated carbocycles. The van der Waals surface area contributed by atoms with Crippen molar-refractivity contribution < 1.29 is 13.2 Å². The number of anilines is 1. The number of hydrogen-bond donors (Lipinski definition) is 1. The molecule has 7 heteroatoms. The molecule has 1 aliphatic rings. The predicted molar refractivity (Wildman–Crippen MR) is 114 cm³/mol. The number of piperazine rings is 1. The minimum absolute atomic E-state index is 0.214. The number of aryl methyl sites for hydroxylation is 1. The molecule has 4 rings (SSSR count). The van der Waals surface area contributed by atoms with Crippen LogP contribution >= 0.6 is 0 Å². The average Bonchev–Trinajstić information content (AvgIpc) is 2.74. The highest BCUT2D eigenvalue weighted by Gasteiger charge is 2.30. The molecular weight excluding hydrogens is 386 g/mol. The number of nitrogens with one attached hydrogen (secondary N) is 1. The number of carbonyl (C=O) groups is 1. The third-order valence-corrected chi connectivity index (χ3v) is 7.13. The van der Waals surface area contributed by atoms with Crippen LogP contribution in [0.2, 0.25) is 0 Å². The fraction of sp³-hybridized carbons (Fsp3) is 0.227. The molecule has 1 heterocycles. The van der Waals surface area contributed by atoms with Crippen molar-refractivity contribution in [3.8, 4) is 0 Å². The molecule has 0 unspecified atom stereocenters. The summed E-state index contributed by atoms with van der Waals surface area (Å²) in [7, 11) is -3.54. The van der Waals surface area contributed by atoms with Gasteiger partial charge in [0.2, 0.25) is 10.0 Å². The summed E-state index contributed by atoms with van der Waals surface area (Å²) in [5.74, 6) is 0. The fourth-order valence-corrected chi connectivity index (χ4v) is 4.94. The minimum Gasteiger partial charge on any atom is -0.322 e. The van der Waals surface area contributed by atoms with E-state index in [0.29, 0.717) is 13.1 Å². The molecule has 0 bridgehead atoms. The van der Waals surface area contributed by atoms with Gasteiger partial charge >= 0.3 is 6.03 Å². The summed E-state index contributed by atoms with van der Waals surface area (Å²) < 4.78 is 27.1. The second-order valence-electron chi connectivity index (χ2n) is 7.16. The number of nitrogens with zero attached hydrogens (tertiary/aromatic N) is 2. The lowest BCUT2D eigenvalue weighted by atomic mass is 10.1. The summed E-state index contributed by atoms with van der Waals surface area (Å²) in [6, 6.07) is 20.3. The van der Waals surface area contributed by atoms with E-state index in [9.17, 15) is 13.2 Å². The summed E-state index contributed by atoms with van der Waals surface area (Å²) in [6.45, 7) is 3.17. The Bertz CT molecular complexity index is 1130. The van der Waals surface area contributed by atoms with Crippen LogP contribution in [-0.2, 0) is 10.0 Å². The van der Waals surface area contributed by atoms with E-state index >= 15 is 0 Å². The van der Waals surface area contributed by atoms with E-state index < -0.39 is 10.0 Å². The topological polar surface area (TPSA) is 69.7 Å². The number of amides is 2. The van der Waals surface area contributed by atoms with E-state index in [2.05, 4.69) is 5.32 Å². The third kappa shape index (κ3) is 3.97. The quantitative estimate of drug-likeness (QED) is 0.717. The number of fused-ring (bicyclic) bond motifs is 1. The first kappa shape index (κ1) is 19.4. The maximum atomic E-state index is 12.8. The molecule has 0 radical (unpaired) electrons. The highest BCUT2D eigenvalue weighted by atomic mass is 32.2. The fourth-order valence-electron chi connectivity index (χ4n) is 3.52. The first-order valence-electron chi connectivity index (χ1n) is 9.56. The summed E-state index contributed by atoms with van der Waals surface area (Å²) >= 11 is 0. The van der Waals surface area contributed by atoms with Gasteiger partial charge in [-0.05, 0) is 30.5 Å². The molecule has 6 nitrogen and oxygen atoms in total. The molecular formula is C22H23N3O3S.